The second-order valence-electron chi connectivity index (χ2n) is 4.13. The molecule has 2 aromatic carbocycles. The molecule has 0 radical (unpaired) electrons. The molecular formula is C14H8BrClF3NO. The second kappa shape index (κ2) is 6.07. The molecule has 1 amide bonds. The molecule has 0 aliphatic rings. The van der Waals surface area contributed by atoms with Gasteiger partial charge in [0.25, 0.3) is 5.91 Å². The highest BCUT2D eigenvalue weighted by atomic mass is 79.9. The predicted octanol–water partition coefficient (Wildman–Crippen LogP) is 5.37. The third-order valence-electron chi connectivity index (χ3n) is 2.67. The first-order valence-electron chi connectivity index (χ1n) is 5.71. The summed E-state index contributed by atoms with van der Waals surface area (Å²) in [5.41, 5.74) is -0.295. The third-order valence-corrected chi connectivity index (χ3v) is 3.96. The number of nitrogens with one attached hydrogen (secondary N) is 1. The summed E-state index contributed by atoms with van der Waals surface area (Å²) in [7, 11) is 0. The van der Waals surface area contributed by atoms with Crippen molar-refractivity contribution in [3.63, 3.8) is 0 Å². The molecule has 0 heterocycles. The largest absolute Gasteiger partial charge is 0.416 e. The summed E-state index contributed by atoms with van der Waals surface area (Å²) < 4.78 is 37.9. The number of benzene rings is 2. The van der Waals surface area contributed by atoms with Gasteiger partial charge in [0.05, 0.1) is 16.1 Å². The van der Waals surface area contributed by atoms with Crippen LogP contribution in [0.2, 0.25) is 5.02 Å². The van der Waals surface area contributed by atoms with Gasteiger partial charge >= 0.3 is 6.18 Å². The van der Waals surface area contributed by atoms with Crippen molar-refractivity contribution in [1.29, 1.82) is 0 Å². The van der Waals surface area contributed by atoms with Crippen LogP contribution in [0.5, 0.6) is 0 Å². The molecule has 2 rings (SSSR count). The fourth-order valence-electron chi connectivity index (χ4n) is 1.62. The number of hydrogen-bond donors (Lipinski definition) is 1. The van der Waals surface area contributed by atoms with Crippen molar-refractivity contribution in [2.45, 2.75) is 6.18 Å². The second-order valence-corrected chi connectivity index (χ2v) is 5.36. The Morgan fingerprint density at radius 3 is 2.29 bits per heavy atom. The van der Waals surface area contributed by atoms with Gasteiger partial charge in [0, 0.05) is 10.2 Å². The van der Waals surface area contributed by atoms with Gasteiger partial charge in [-0.1, -0.05) is 17.7 Å². The van der Waals surface area contributed by atoms with E-state index in [4.69, 9.17) is 11.6 Å². The zero-order valence-corrected chi connectivity index (χ0v) is 12.7. The fraction of sp³-hybridized carbons (Fsp3) is 0.0714. The maximum absolute atomic E-state index is 12.4. The van der Waals surface area contributed by atoms with Crippen molar-refractivity contribution in [2.24, 2.45) is 0 Å². The summed E-state index contributed by atoms with van der Waals surface area (Å²) >= 11 is 9.18. The van der Waals surface area contributed by atoms with Crippen LogP contribution in [0.3, 0.4) is 0 Å². The minimum Gasteiger partial charge on any atom is -0.322 e. The molecule has 0 saturated heterocycles. The first-order chi connectivity index (χ1) is 9.79. The smallest absolute Gasteiger partial charge is 0.322 e. The van der Waals surface area contributed by atoms with Gasteiger partial charge in [-0.3, -0.25) is 4.79 Å². The van der Waals surface area contributed by atoms with Gasteiger partial charge in [0.2, 0.25) is 0 Å². The van der Waals surface area contributed by atoms with Crippen molar-refractivity contribution < 1.29 is 18.0 Å². The first kappa shape index (κ1) is 15.9. The van der Waals surface area contributed by atoms with E-state index < -0.39 is 17.6 Å². The molecule has 0 bridgehead atoms. The molecule has 0 fully saturated rings. The molecule has 0 spiro atoms. The number of alkyl halides is 3. The lowest BCUT2D eigenvalue weighted by Crippen LogP contribution is -2.13. The molecule has 0 atom stereocenters. The standard InChI is InChI=1S/C14H8BrClF3NO/c15-11-3-1-2-10(12(11)16)13(21)20-9-6-4-8(5-7-9)14(17,18)19/h1-7H,(H,20,21). The van der Waals surface area contributed by atoms with E-state index in [1.807, 2.05) is 0 Å². The number of carbonyl (C=O) groups is 1. The Bertz CT molecular complexity index is 671. The molecule has 0 unspecified atom stereocenters. The number of carbonyl (C=O) groups excluding carboxylic acids is 1. The number of anilines is 1. The Morgan fingerprint density at radius 1 is 1.10 bits per heavy atom. The third kappa shape index (κ3) is 3.77. The highest BCUT2D eigenvalue weighted by Gasteiger charge is 2.30. The number of amides is 1. The van der Waals surface area contributed by atoms with E-state index in [9.17, 15) is 18.0 Å². The maximum atomic E-state index is 12.4. The number of halogens is 5. The SMILES string of the molecule is O=C(Nc1ccc(C(F)(F)F)cc1)c1cccc(Br)c1Cl. The molecule has 2 nitrogen and oxygen atoms in total. The molecule has 7 heteroatoms. The zero-order valence-electron chi connectivity index (χ0n) is 10.3. The van der Waals surface area contributed by atoms with Gasteiger partial charge in [-0.25, -0.2) is 0 Å². The number of rotatable bonds is 2. The van der Waals surface area contributed by atoms with Gasteiger partial charge in [-0.2, -0.15) is 13.2 Å². The highest BCUT2D eigenvalue weighted by molar-refractivity contribution is 9.10. The van der Waals surface area contributed by atoms with Crippen molar-refractivity contribution in [2.75, 3.05) is 5.32 Å². The Morgan fingerprint density at radius 2 is 1.71 bits per heavy atom. The van der Waals surface area contributed by atoms with E-state index >= 15 is 0 Å². The first-order valence-corrected chi connectivity index (χ1v) is 6.89. The monoisotopic (exact) mass is 377 g/mol. The molecule has 1 N–H and O–H groups in total. The van der Waals surface area contributed by atoms with Crippen molar-refractivity contribution in [1.82, 2.24) is 0 Å². The summed E-state index contributed by atoms with van der Waals surface area (Å²) in [6, 6.07) is 9.01. The molecule has 110 valence electrons. The summed E-state index contributed by atoms with van der Waals surface area (Å²) in [6.45, 7) is 0. The van der Waals surface area contributed by atoms with Crippen LogP contribution in [0.15, 0.2) is 46.9 Å². The minimum atomic E-state index is -4.41. The fourth-order valence-corrected chi connectivity index (χ4v) is 2.20. The van der Waals surface area contributed by atoms with E-state index in [1.165, 1.54) is 18.2 Å². The average Bonchev–Trinajstić information content (AvgIpc) is 2.41. The summed E-state index contributed by atoms with van der Waals surface area (Å²) in [5.74, 6) is -0.499. The molecule has 0 aliphatic carbocycles. The Balaban J connectivity index is 2.18. The van der Waals surface area contributed by atoms with Crippen LogP contribution < -0.4 is 5.32 Å². The number of hydrogen-bond acceptors (Lipinski definition) is 1. The van der Waals surface area contributed by atoms with Crippen LogP contribution in [0.4, 0.5) is 18.9 Å². The molecule has 0 aromatic heterocycles. The van der Waals surface area contributed by atoms with Crippen LogP contribution in [0.25, 0.3) is 0 Å². The van der Waals surface area contributed by atoms with Gasteiger partial charge in [0.15, 0.2) is 0 Å². The summed E-state index contributed by atoms with van der Waals surface area (Å²) in [4.78, 5) is 12.0. The zero-order chi connectivity index (χ0) is 15.6. The van der Waals surface area contributed by atoms with E-state index in [0.29, 0.717) is 4.47 Å². The summed E-state index contributed by atoms with van der Waals surface area (Å²) in [6.07, 6.45) is -4.41. The molecule has 21 heavy (non-hydrogen) atoms. The topological polar surface area (TPSA) is 29.1 Å². The maximum Gasteiger partial charge on any atom is 0.416 e. The van der Waals surface area contributed by atoms with Crippen LogP contribution in [-0.4, -0.2) is 5.91 Å². The van der Waals surface area contributed by atoms with Crippen molar-refractivity contribution >= 4 is 39.1 Å². The lowest BCUT2D eigenvalue weighted by molar-refractivity contribution is -0.137. The van der Waals surface area contributed by atoms with Crippen LogP contribution in [0.1, 0.15) is 15.9 Å². The molecular weight excluding hydrogens is 371 g/mol. The molecule has 2 aromatic rings. The summed E-state index contributed by atoms with van der Waals surface area (Å²) in [5, 5.41) is 2.73. The minimum absolute atomic E-state index is 0.228. The van der Waals surface area contributed by atoms with Crippen LogP contribution in [0, 0.1) is 0 Å². The van der Waals surface area contributed by atoms with E-state index in [2.05, 4.69) is 21.2 Å². The van der Waals surface area contributed by atoms with E-state index in [1.54, 1.807) is 12.1 Å². The average molecular weight is 379 g/mol. The van der Waals surface area contributed by atoms with Crippen molar-refractivity contribution in [3.05, 3.63) is 63.1 Å². The van der Waals surface area contributed by atoms with Crippen LogP contribution in [-0.2, 0) is 6.18 Å². The lowest BCUT2D eigenvalue weighted by atomic mass is 10.1. The van der Waals surface area contributed by atoms with Gasteiger partial charge < -0.3 is 5.32 Å². The molecule has 0 aliphatic heterocycles. The van der Waals surface area contributed by atoms with Gasteiger partial charge in [-0.15, -0.1) is 0 Å². The highest BCUT2D eigenvalue weighted by Crippen LogP contribution is 2.30. The van der Waals surface area contributed by atoms with Crippen LogP contribution >= 0.6 is 27.5 Å². The Hall–Kier alpha value is -1.53. The van der Waals surface area contributed by atoms with Gasteiger partial charge in [0.1, 0.15) is 0 Å². The van der Waals surface area contributed by atoms with E-state index in [-0.39, 0.29) is 16.3 Å². The van der Waals surface area contributed by atoms with E-state index in [0.717, 1.165) is 12.1 Å². The van der Waals surface area contributed by atoms with Crippen molar-refractivity contribution in [3.8, 4) is 0 Å². The normalized spacial score (nSPS) is 11.3. The predicted molar refractivity (Wildman–Crippen MR) is 78.5 cm³/mol. The van der Waals surface area contributed by atoms with Gasteiger partial charge in [-0.05, 0) is 52.3 Å². The Labute approximate surface area is 132 Å². The lowest BCUT2D eigenvalue weighted by Gasteiger charge is -2.10. The Kier molecular flexibility index (Phi) is 4.58. The molecule has 0 saturated carbocycles. The quantitative estimate of drug-likeness (QED) is 0.747.